The van der Waals surface area contributed by atoms with Gasteiger partial charge in [-0.3, -0.25) is 9.59 Å². The van der Waals surface area contributed by atoms with E-state index in [1.54, 1.807) is 6.08 Å². The number of amides is 1. The van der Waals surface area contributed by atoms with E-state index in [-0.39, 0.29) is 18.5 Å². The van der Waals surface area contributed by atoms with Crippen molar-refractivity contribution < 1.29 is 24.5 Å². The first-order valence-electron chi connectivity index (χ1n) is 36.3. The number of carbonyl (C=O) groups excluding carboxylic acids is 2. The number of unbranched alkanes of at least 4 members (excludes halogenated alkanes) is 53. The van der Waals surface area contributed by atoms with E-state index in [9.17, 15) is 19.8 Å². The summed E-state index contributed by atoms with van der Waals surface area (Å²) in [6.07, 6.45) is 89.5. The van der Waals surface area contributed by atoms with Gasteiger partial charge < -0.3 is 20.3 Å². The van der Waals surface area contributed by atoms with Gasteiger partial charge in [0.25, 0.3) is 0 Å². The van der Waals surface area contributed by atoms with Crippen LogP contribution in [0.4, 0.5) is 0 Å². The molecule has 0 aromatic rings. The Morgan fingerprint density at radius 1 is 0.350 bits per heavy atom. The molecule has 0 aromatic carbocycles. The monoisotopic (exact) mass is 1120 g/mol. The lowest BCUT2D eigenvalue weighted by molar-refractivity contribution is -0.143. The highest BCUT2D eigenvalue weighted by Crippen LogP contribution is 2.19. The summed E-state index contributed by atoms with van der Waals surface area (Å²) in [6.45, 7) is 4.90. The van der Waals surface area contributed by atoms with Crippen LogP contribution in [0.25, 0.3) is 0 Å². The molecule has 0 radical (unpaired) electrons. The van der Waals surface area contributed by atoms with Crippen molar-refractivity contribution >= 4 is 11.9 Å². The molecule has 0 aromatic heterocycles. The van der Waals surface area contributed by atoms with Crippen LogP contribution in [0, 0.1) is 0 Å². The highest BCUT2D eigenvalue weighted by molar-refractivity contribution is 5.76. The molecule has 472 valence electrons. The molecule has 2 atom stereocenters. The van der Waals surface area contributed by atoms with E-state index >= 15 is 0 Å². The number of hydrogen-bond donors (Lipinski definition) is 3. The molecule has 0 fully saturated rings. The van der Waals surface area contributed by atoms with Gasteiger partial charge in [-0.2, -0.15) is 0 Å². The number of hydrogen-bond acceptors (Lipinski definition) is 5. The van der Waals surface area contributed by atoms with Gasteiger partial charge in [0.05, 0.1) is 25.4 Å². The number of aliphatic hydroxyl groups excluding tert-OH is 2. The van der Waals surface area contributed by atoms with Crippen molar-refractivity contribution in [3.05, 3.63) is 36.5 Å². The first-order chi connectivity index (χ1) is 39.5. The van der Waals surface area contributed by atoms with Gasteiger partial charge in [0, 0.05) is 12.8 Å². The average molecular weight is 1120 g/mol. The Hall–Kier alpha value is -1.92. The summed E-state index contributed by atoms with van der Waals surface area (Å²) in [6, 6.07) is -0.627. The SMILES string of the molecule is CCCC/C=C\C/C=C\CCCCCCCC(=O)OCCCCCCCCCCCCCCCCCCCCCCCCCCCCCCC(=O)NC(CO)C(O)/C=C/CCCCCCCCCCCCCCCCCCCCC. The zero-order chi connectivity index (χ0) is 57.8. The number of esters is 1. The summed E-state index contributed by atoms with van der Waals surface area (Å²) < 4.78 is 5.48. The molecule has 1 amide bonds. The molecule has 3 N–H and O–H groups in total. The Morgan fingerprint density at radius 3 is 0.988 bits per heavy atom. The molecule has 2 unspecified atom stereocenters. The van der Waals surface area contributed by atoms with Crippen molar-refractivity contribution in [2.75, 3.05) is 13.2 Å². The highest BCUT2D eigenvalue weighted by atomic mass is 16.5. The largest absolute Gasteiger partial charge is 0.466 e. The third-order valence-corrected chi connectivity index (χ3v) is 16.9. The molecule has 0 aliphatic heterocycles. The van der Waals surface area contributed by atoms with Crippen molar-refractivity contribution in [3.8, 4) is 0 Å². The minimum atomic E-state index is -0.844. The Bertz CT molecular complexity index is 1300. The lowest BCUT2D eigenvalue weighted by Gasteiger charge is -2.20. The maximum Gasteiger partial charge on any atom is 0.305 e. The summed E-state index contributed by atoms with van der Waals surface area (Å²) in [7, 11) is 0. The molecule has 0 aliphatic rings. The van der Waals surface area contributed by atoms with Gasteiger partial charge in [-0.1, -0.05) is 365 Å². The van der Waals surface area contributed by atoms with Gasteiger partial charge in [0.2, 0.25) is 5.91 Å². The molecule has 0 spiro atoms. The molecule has 0 saturated heterocycles. The molecule has 0 rings (SSSR count). The van der Waals surface area contributed by atoms with E-state index in [1.807, 2.05) is 6.08 Å². The Kier molecular flexibility index (Phi) is 67.9. The van der Waals surface area contributed by atoms with E-state index < -0.39 is 12.1 Å². The van der Waals surface area contributed by atoms with Crippen molar-refractivity contribution in [3.63, 3.8) is 0 Å². The summed E-state index contributed by atoms with van der Waals surface area (Å²) in [4.78, 5) is 24.6. The third kappa shape index (κ3) is 65.2. The molecule has 0 heterocycles. The van der Waals surface area contributed by atoms with Gasteiger partial charge in [0.15, 0.2) is 0 Å². The number of aliphatic hydroxyl groups is 2. The van der Waals surface area contributed by atoms with E-state index in [4.69, 9.17) is 4.74 Å². The predicted octanol–water partition coefficient (Wildman–Crippen LogP) is 23.5. The molecule has 6 heteroatoms. The zero-order valence-corrected chi connectivity index (χ0v) is 54.1. The van der Waals surface area contributed by atoms with Crippen LogP contribution >= 0.6 is 0 Å². The van der Waals surface area contributed by atoms with Gasteiger partial charge >= 0.3 is 5.97 Å². The quantitative estimate of drug-likeness (QED) is 0.0320. The van der Waals surface area contributed by atoms with Crippen LogP contribution in [0.2, 0.25) is 0 Å². The van der Waals surface area contributed by atoms with Crippen molar-refractivity contribution in [2.24, 2.45) is 0 Å². The van der Waals surface area contributed by atoms with Crippen molar-refractivity contribution in [1.82, 2.24) is 5.32 Å². The Balaban J connectivity index is 3.38. The van der Waals surface area contributed by atoms with Crippen molar-refractivity contribution in [1.29, 1.82) is 0 Å². The maximum atomic E-state index is 12.5. The van der Waals surface area contributed by atoms with E-state index in [2.05, 4.69) is 43.5 Å². The van der Waals surface area contributed by atoms with Crippen LogP contribution in [-0.4, -0.2) is 47.4 Å². The van der Waals surface area contributed by atoms with Gasteiger partial charge in [-0.15, -0.1) is 0 Å². The average Bonchev–Trinajstić information content (AvgIpc) is 3.46. The van der Waals surface area contributed by atoms with E-state index in [1.165, 1.54) is 321 Å². The normalized spacial score (nSPS) is 12.7. The first-order valence-corrected chi connectivity index (χ1v) is 36.3. The number of allylic oxidation sites excluding steroid dienone is 5. The fraction of sp³-hybridized carbons (Fsp3) is 0.892. The molecule has 0 aliphatic carbocycles. The van der Waals surface area contributed by atoms with Gasteiger partial charge in [-0.05, 0) is 57.8 Å². The second-order valence-electron chi connectivity index (χ2n) is 24.9. The number of carbonyl (C=O) groups is 2. The van der Waals surface area contributed by atoms with Crippen LogP contribution in [0.5, 0.6) is 0 Å². The van der Waals surface area contributed by atoms with Crippen LogP contribution in [0.1, 0.15) is 399 Å². The molecule has 6 nitrogen and oxygen atoms in total. The minimum Gasteiger partial charge on any atom is -0.466 e. The number of ether oxygens (including phenoxy) is 1. The second kappa shape index (κ2) is 69.6. The van der Waals surface area contributed by atoms with Crippen LogP contribution < -0.4 is 5.32 Å². The Labute approximate surface area is 500 Å². The fourth-order valence-electron chi connectivity index (χ4n) is 11.4. The molecule has 0 bridgehead atoms. The molecule has 80 heavy (non-hydrogen) atoms. The van der Waals surface area contributed by atoms with Crippen LogP contribution in [-0.2, 0) is 14.3 Å². The van der Waals surface area contributed by atoms with E-state index in [0.717, 1.165) is 51.4 Å². The fourth-order valence-corrected chi connectivity index (χ4v) is 11.4. The summed E-state index contributed by atoms with van der Waals surface area (Å²) in [5, 5.41) is 23.3. The van der Waals surface area contributed by atoms with Crippen LogP contribution in [0.3, 0.4) is 0 Å². The Morgan fingerprint density at radius 2 is 0.637 bits per heavy atom. The molecule has 0 saturated carbocycles. The van der Waals surface area contributed by atoms with Gasteiger partial charge in [-0.25, -0.2) is 0 Å². The molecular weight excluding hydrogens is 983 g/mol. The standard InChI is InChI=1S/C74H141NO5/c1-3-5-7-9-11-13-15-17-19-20-21-30-33-36-39-42-46-50-54-58-62-66-72(77)71(70-76)75-73(78)67-63-59-55-51-47-43-40-37-34-31-28-26-24-22-23-25-27-29-32-35-38-41-45-49-53-57-61-65-69-80-74(79)68-64-60-56-52-48-44-18-16-14-12-10-8-6-4-2/h10,12,16,18,62,66,71-72,76-77H,3-9,11,13-15,17,19-61,63-65,67-70H2,1-2H3,(H,75,78)/b12-10-,18-16-,66-62+. The second-order valence-corrected chi connectivity index (χ2v) is 24.9. The van der Waals surface area contributed by atoms with Crippen molar-refractivity contribution in [2.45, 2.75) is 411 Å². The number of nitrogens with one attached hydrogen (secondary N) is 1. The van der Waals surface area contributed by atoms with Crippen LogP contribution in [0.15, 0.2) is 36.5 Å². The zero-order valence-electron chi connectivity index (χ0n) is 54.1. The maximum absolute atomic E-state index is 12.5. The summed E-state index contributed by atoms with van der Waals surface area (Å²) in [5.74, 6) is -0.0568. The number of rotatable bonds is 68. The smallest absolute Gasteiger partial charge is 0.305 e. The highest BCUT2D eigenvalue weighted by Gasteiger charge is 2.18. The lowest BCUT2D eigenvalue weighted by Crippen LogP contribution is -2.45. The third-order valence-electron chi connectivity index (χ3n) is 16.9. The van der Waals surface area contributed by atoms with E-state index in [0.29, 0.717) is 19.4 Å². The first kappa shape index (κ1) is 78.1. The summed E-state index contributed by atoms with van der Waals surface area (Å²) >= 11 is 0. The predicted molar refractivity (Wildman–Crippen MR) is 352 cm³/mol. The van der Waals surface area contributed by atoms with Gasteiger partial charge in [0.1, 0.15) is 0 Å². The molecular formula is C74H141NO5. The lowest BCUT2D eigenvalue weighted by atomic mass is 10.0. The minimum absolute atomic E-state index is 0.00423. The topological polar surface area (TPSA) is 95.9 Å². The summed E-state index contributed by atoms with van der Waals surface area (Å²) in [5.41, 5.74) is 0.